The molecule has 2 aromatic heterocycles. The third-order valence-electron chi connectivity index (χ3n) is 4.53. The van der Waals surface area contributed by atoms with Crippen molar-refractivity contribution >= 4 is 51.5 Å². The van der Waals surface area contributed by atoms with Crippen molar-refractivity contribution in [1.29, 1.82) is 0 Å². The number of pyridine rings is 1. The lowest BCUT2D eigenvalue weighted by molar-refractivity contribution is 0.0954. The van der Waals surface area contributed by atoms with Gasteiger partial charge in [0.15, 0.2) is 0 Å². The van der Waals surface area contributed by atoms with Crippen molar-refractivity contribution in [3.63, 3.8) is 0 Å². The van der Waals surface area contributed by atoms with Crippen LogP contribution in [0.25, 0.3) is 10.9 Å². The second kappa shape index (κ2) is 8.55. The highest BCUT2D eigenvalue weighted by Crippen LogP contribution is 2.26. The molecule has 2 aromatic carbocycles. The van der Waals surface area contributed by atoms with Gasteiger partial charge in [-0.2, -0.15) is 0 Å². The maximum Gasteiger partial charge on any atom is 0.255 e. The van der Waals surface area contributed by atoms with E-state index in [9.17, 15) is 4.79 Å². The minimum atomic E-state index is -0.200. The van der Waals surface area contributed by atoms with Gasteiger partial charge in [0.1, 0.15) is 5.82 Å². The van der Waals surface area contributed by atoms with Gasteiger partial charge in [-0.1, -0.05) is 41.4 Å². The number of nitrogens with one attached hydrogen (secondary N) is 3. The molecule has 0 radical (unpaired) electrons. The number of carbonyl (C=O) groups excluding carboxylic acids is 1. The summed E-state index contributed by atoms with van der Waals surface area (Å²) in [6.07, 6.45) is 4.33. The Morgan fingerprint density at radius 1 is 1.03 bits per heavy atom. The average Bonchev–Trinajstić information content (AvgIpc) is 3.11. The van der Waals surface area contributed by atoms with E-state index in [0.717, 1.165) is 11.9 Å². The number of aromatic nitrogens is 2. The van der Waals surface area contributed by atoms with Gasteiger partial charge in [-0.3, -0.25) is 4.79 Å². The number of benzene rings is 2. The van der Waals surface area contributed by atoms with E-state index in [-0.39, 0.29) is 5.91 Å². The minimum Gasteiger partial charge on any atom is -0.361 e. The SMILES string of the molecule is O=C(NCCc1c[nH]c2ccccc12)c1cccnc1Nc1cc(Cl)cc(Cl)c1. The second-order valence-electron chi connectivity index (χ2n) is 6.55. The van der Waals surface area contributed by atoms with Gasteiger partial charge in [0.05, 0.1) is 5.56 Å². The summed E-state index contributed by atoms with van der Waals surface area (Å²) in [4.78, 5) is 20.3. The molecular formula is C22H18Cl2N4O. The lowest BCUT2D eigenvalue weighted by Crippen LogP contribution is -2.26. The molecule has 1 amide bonds. The first-order valence-corrected chi connectivity index (χ1v) is 9.87. The molecule has 0 spiro atoms. The van der Waals surface area contributed by atoms with Gasteiger partial charge in [0.2, 0.25) is 0 Å². The molecule has 5 nitrogen and oxygen atoms in total. The van der Waals surface area contributed by atoms with E-state index in [1.165, 1.54) is 10.9 Å². The number of aromatic amines is 1. The van der Waals surface area contributed by atoms with Gasteiger partial charge in [0, 0.05) is 45.6 Å². The first kappa shape index (κ1) is 19.3. The van der Waals surface area contributed by atoms with E-state index in [4.69, 9.17) is 23.2 Å². The van der Waals surface area contributed by atoms with E-state index >= 15 is 0 Å². The molecule has 0 atom stereocenters. The first-order valence-electron chi connectivity index (χ1n) is 9.11. The molecule has 0 aliphatic heterocycles. The molecule has 0 unspecified atom stereocenters. The Hall–Kier alpha value is -3.02. The van der Waals surface area contributed by atoms with Crippen LogP contribution in [0.1, 0.15) is 15.9 Å². The lowest BCUT2D eigenvalue weighted by Gasteiger charge is -2.12. The van der Waals surface area contributed by atoms with Gasteiger partial charge < -0.3 is 15.6 Å². The van der Waals surface area contributed by atoms with Crippen molar-refractivity contribution in [3.8, 4) is 0 Å². The topological polar surface area (TPSA) is 69.8 Å². The summed E-state index contributed by atoms with van der Waals surface area (Å²) >= 11 is 12.1. The van der Waals surface area contributed by atoms with Crippen molar-refractivity contribution in [2.24, 2.45) is 0 Å². The Morgan fingerprint density at radius 2 is 1.83 bits per heavy atom. The van der Waals surface area contributed by atoms with Crippen molar-refractivity contribution < 1.29 is 4.79 Å². The Balaban J connectivity index is 1.45. The van der Waals surface area contributed by atoms with Gasteiger partial charge in [-0.25, -0.2) is 4.98 Å². The van der Waals surface area contributed by atoms with E-state index in [1.54, 1.807) is 36.5 Å². The summed E-state index contributed by atoms with van der Waals surface area (Å²) in [6, 6.07) is 16.7. The maximum absolute atomic E-state index is 12.7. The molecule has 0 aliphatic rings. The summed E-state index contributed by atoms with van der Waals surface area (Å²) in [5.74, 6) is 0.240. The molecule has 0 saturated heterocycles. The highest BCUT2D eigenvalue weighted by molar-refractivity contribution is 6.35. The van der Waals surface area contributed by atoms with Crippen LogP contribution in [-0.4, -0.2) is 22.4 Å². The van der Waals surface area contributed by atoms with Gasteiger partial charge >= 0.3 is 0 Å². The Bertz CT molecular complexity index is 1150. The summed E-state index contributed by atoms with van der Waals surface area (Å²) < 4.78 is 0. The van der Waals surface area contributed by atoms with Crippen LogP contribution >= 0.6 is 23.2 Å². The molecule has 4 aromatic rings. The molecule has 146 valence electrons. The molecule has 29 heavy (non-hydrogen) atoms. The molecule has 0 saturated carbocycles. The fraction of sp³-hybridized carbons (Fsp3) is 0.0909. The Labute approximate surface area is 178 Å². The van der Waals surface area contributed by atoms with E-state index < -0.39 is 0 Å². The average molecular weight is 425 g/mol. The zero-order valence-corrected chi connectivity index (χ0v) is 16.9. The van der Waals surface area contributed by atoms with Crippen LogP contribution in [0.5, 0.6) is 0 Å². The number of H-pyrrole nitrogens is 1. The number of fused-ring (bicyclic) bond motifs is 1. The van der Waals surface area contributed by atoms with Crippen molar-refractivity contribution in [2.75, 3.05) is 11.9 Å². The molecule has 0 aliphatic carbocycles. The van der Waals surface area contributed by atoms with Crippen LogP contribution in [0, 0.1) is 0 Å². The summed E-state index contributed by atoms with van der Waals surface area (Å²) in [6.45, 7) is 0.512. The summed E-state index contributed by atoms with van der Waals surface area (Å²) in [5.41, 5.74) is 3.36. The van der Waals surface area contributed by atoms with Crippen LogP contribution < -0.4 is 10.6 Å². The van der Waals surface area contributed by atoms with Gasteiger partial charge in [-0.15, -0.1) is 0 Å². The zero-order chi connectivity index (χ0) is 20.2. The van der Waals surface area contributed by atoms with Crippen LogP contribution in [0.2, 0.25) is 10.0 Å². The summed E-state index contributed by atoms with van der Waals surface area (Å²) in [7, 11) is 0. The normalized spacial score (nSPS) is 10.8. The van der Waals surface area contributed by atoms with E-state index in [0.29, 0.717) is 33.7 Å². The standard InChI is InChI=1S/C22H18Cl2N4O/c23-15-10-16(24)12-17(11-15)28-21-19(5-3-8-25-21)22(29)26-9-7-14-13-27-20-6-2-1-4-18(14)20/h1-6,8,10-13,27H,7,9H2,(H,25,28)(H,26,29). The molecule has 0 fully saturated rings. The van der Waals surface area contributed by atoms with Crippen LogP contribution in [0.4, 0.5) is 11.5 Å². The third-order valence-corrected chi connectivity index (χ3v) is 4.97. The number of para-hydroxylation sites is 1. The molecule has 4 rings (SSSR count). The number of nitrogens with zero attached hydrogens (tertiary/aromatic N) is 1. The Morgan fingerprint density at radius 3 is 2.66 bits per heavy atom. The van der Waals surface area contributed by atoms with Crippen LogP contribution in [-0.2, 0) is 6.42 Å². The predicted octanol–water partition coefficient (Wildman–Crippen LogP) is 5.59. The van der Waals surface area contributed by atoms with E-state index in [1.807, 2.05) is 24.4 Å². The fourth-order valence-electron chi connectivity index (χ4n) is 3.20. The molecule has 7 heteroatoms. The molecule has 3 N–H and O–H groups in total. The minimum absolute atomic E-state index is 0.200. The molecular weight excluding hydrogens is 407 g/mol. The molecule has 2 heterocycles. The smallest absolute Gasteiger partial charge is 0.255 e. The number of amides is 1. The number of anilines is 2. The number of rotatable bonds is 6. The molecule has 0 bridgehead atoms. The highest BCUT2D eigenvalue weighted by atomic mass is 35.5. The largest absolute Gasteiger partial charge is 0.361 e. The van der Waals surface area contributed by atoms with Gasteiger partial charge in [-0.05, 0) is 48.4 Å². The number of hydrogen-bond donors (Lipinski definition) is 3. The zero-order valence-electron chi connectivity index (χ0n) is 15.4. The van der Waals surface area contributed by atoms with Crippen LogP contribution in [0.15, 0.2) is 67.0 Å². The number of halogens is 2. The van der Waals surface area contributed by atoms with Gasteiger partial charge in [0.25, 0.3) is 5.91 Å². The fourth-order valence-corrected chi connectivity index (χ4v) is 3.72. The lowest BCUT2D eigenvalue weighted by atomic mass is 10.1. The van der Waals surface area contributed by atoms with Crippen LogP contribution in [0.3, 0.4) is 0 Å². The monoisotopic (exact) mass is 424 g/mol. The highest BCUT2D eigenvalue weighted by Gasteiger charge is 2.13. The maximum atomic E-state index is 12.7. The number of hydrogen-bond acceptors (Lipinski definition) is 3. The summed E-state index contributed by atoms with van der Waals surface area (Å²) in [5, 5.41) is 8.25. The Kier molecular flexibility index (Phi) is 5.69. The second-order valence-corrected chi connectivity index (χ2v) is 7.42. The van der Waals surface area contributed by atoms with Crippen molar-refractivity contribution in [3.05, 3.63) is 88.2 Å². The first-order chi connectivity index (χ1) is 14.1. The third kappa shape index (κ3) is 4.53. The van der Waals surface area contributed by atoms with Crippen molar-refractivity contribution in [1.82, 2.24) is 15.3 Å². The number of carbonyl (C=O) groups is 1. The quantitative estimate of drug-likeness (QED) is 0.378. The van der Waals surface area contributed by atoms with E-state index in [2.05, 4.69) is 26.7 Å². The van der Waals surface area contributed by atoms with Crippen molar-refractivity contribution in [2.45, 2.75) is 6.42 Å². The predicted molar refractivity (Wildman–Crippen MR) is 118 cm³/mol.